The monoisotopic (exact) mass is 263 g/mol. The number of aliphatic hydroxyl groups excluding tert-OH is 1. The maximum absolute atomic E-state index is 11.7. The van der Waals surface area contributed by atoms with Crippen molar-refractivity contribution in [2.45, 2.75) is 19.4 Å². The van der Waals surface area contributed by atoms with Gasteiger partial charge in [0.25, 0.3) is 5.91 Å². The number of nitrogens with zero attached hydrogens (tertiary/aromatic N) is 1. The van der Waals surface area contributed by atoms with Crippen molar-refractivity contribution in [3.8, 4) is 0 Å². The molecule has 0 radical (unpaired) electrons. The number of nitrogens with one attached hydrogen (secondary N) is 1. The highest BCUT2D eigenvalue weighted by Crippen LogP contribution is 2.29. The molecule has 1 saturated heterocycles. The lowest BCUT2D eigenvalue weighted by Crippen LogP contribution is -2.43. The Bertz CT molecular complexity index is 476. The maximum atomic E-state index is 11.7. The van der Waals surface area contributed by atoms with Crippen molar-refractivity contribution in [2.24, 2.45) is 5.92 Å². The highest BCUT2D eigenvalue weighted by Gasteiger charge is 2.25. The first-order valence-corrected chi connectivity index (χ1v) is 6.57. The van der Waals surface area contributed by atoms with Gasteiger partial charge < -0.3 is 21.1 Å². The molecule has 1 aromatic carbocycles. The summed E-state index contributed by atoms with van der Waals surface area (Å²) < 4.78 is 0. The van der Waals surface area contributed by atoms with Crippen LogP contribution in [0.3, 0.4) is 0 Å². The largest absolute Gasteiger partial charge is 0.397 e. The number of β-amino-alcohol motifs (C(OH)–C–C–N with tert-alkyl or cyclic N) is 1. The second kappa shape index (κ2) is 5.48. The fourth-order valence-electron chi connectivity index (χ4n) is 2.37. The van der Waals surface area contributed by atoms with Crippen LogP contribution in [0.15, 0.2) is 18.2 Å². The van der Waals surface area contributed by atoms with Crippen LogP contribution in [0.25, 0.3) is 0 Å². The predicted molar refractivity (Wildman–Crippen MR) is 76.2 cm³/mol. The van der Waals surface area contributed by atoms with Crippen molar-refractivity contribution in [3.05, 3.63) is 23.8 Å². The number of benzene rings is 1. The van der Waals surface area contributed by atoms with Crippen molar-refractivity contribution in [3.63, 3.8) is 0 Å². The van der Waals surface area contributed by atoms with Crippen LogP contribution in [0.4, 0.5) is 11.4 Å². The normalized spacial score (nSPS) is 23.2. The lowest BCUT2D eigenvalue weighted by molar-refractivity contribution is 0.0963. The van der Waals surface area contributed by atoms with Gasteiger partial charge in [-0.05, 0) is 30.5 Å². The summed E-state index contributed by atoms with van der Waals surface area (Å²) >= 11 is 0. The number of piperidine rings is 1. The van der Waals surface area contributed by atoms with Crippen LogP contribution in [0.2, 0.25) is 0 Å². The molecule has 5 heteroatoms. The summed E-state index contributed by atoms with van der Waals surface area (Å²) in [6, 6.07) is 5.24. The molecule has 1 amide bonds. The molecule has 0 saturated carbocycles. The highest BCUT2D eigenvalue weighted by atomic mass is 16.3. The van der Waals surface area contributed by atoms with Gasteiger partial charge in [-0.15, -0.1) is 0 Å². The van der Waals surface area contributed by atoms with Gasteiger partial charge in [-0.1, -0.05) is 6.92 Å². The van der Waals surface area contributed by atoms with Crippen LogP contribution >= 0.6 is 0 Å². The van der Waals surface area contributed by atoms with Crippen molar-refractivity contribution in [2.75, 3.05) is 30.8 Å². The van der Waals surface area contributed by atoms with Gasteiger partial charge in [-0.2, -0.15) is 0 Å². The average molecular weight is 263 g/mol. The summed E-state index contributed by atoms with van der Waals surface area (Å²) in [5.41, 5.74) is 8.03. The van der Waals surface area contributed by atoms with E-state index in [0.29, 0.717) is 23.7 Å². The predicted octanol–water partition coefficient (Wildman–Crippen LogP) is 0.835. The van der Waals surface area contributed by atoms with E-state index < -0.39 is 0 Å². The minimum atomic E-state index is -0.350. The van der Waals surface area contributed by atoms with Crippen LogP contribution in [0.5, 0.6) is 0 Å². The Balaban J connectivity index is 2.26. The Morgan fingerprint density at radius 3 is 2.89 bits per heavy atom. The number of rotatable bonds is 2. The minimum Gasteiger partial charge on any atom is -0.397 e. The van der Waals surface area contributed by atoms with Crippen LogP contribution in [0.1, 0.15) is 23.7 Å². The van der Waals surface area contributed by atoms with E-state index in [-0.39, 0.29) is 12.0 Å². The quantitative estimate of drug-likeness (QED) is 0.691. The third kappa shape index (κ3) is 2.81. The summed E-state index contributed by atoms with van der Waals surface area (Å²) in [5.74, 6) is 0.173. The molecule has 4 N–H and O–H groups in total. The number of amides is 1. The first-order valence-electron chi connectivity index (χ1n) is 6.57. The SMILES string of the molecule is CNC(=O)c1ccc(N)c(N2CCC(C)C(O)C2)c1. The van der Waals surface area contributed by atoms with Gasteiger partial charge in [0.2, 0.25) is 0 Å². The molecule has 1 fully saturated rings. The number of nitrogens with two attached hydrogens (primary N) is 1. The number of aliphatic hydroxyl groups is 1. The Hall–Kier alpha value is -1.75. The molecular formula is C14H21N3O2. The van der Waals surface area contributed by atoms with E-state index in [1.165, 1.54) is 0 Å². The van der Waals surface area contributed by atoms with E-state index in [2.05, 4.69) is 5.32 Å². The molecule has 104 valence electrons. The second-order valence-electron chi connectivity index (χ2n) is 5.13. The van der Waals surface area contributed by atoms with E-state index in [0.717, 1.165) is 18.7 Å². The lowest BCUT2D eigenvalue weighted by atomic mass is 9.95. The fraction of sp³-hybridized carbons (Fsp3) is 0.500. The summed E-state index contributed by atoms with van der Waals surface area (Å²) in [7, 11) is 1.60. The minimum absolute atomic E-state index is 0.132. The van der Waals surface area contributed by atoms with Crippen LogP contribution < -0.4 is 16.0 Å². The Morgan fingerprint density at radius 1 is 1.53 bits per heavy atom. The Kier molecular flexibility index (Phi) is 3.95. The van der Waals surface area contributed by atoms with Gasteiger partial charge in [0, 0.05) is 25.7 Å². The second-order valence-corrected chi connectivity index (χ2v) is 5.13. The van der Waals surface area contributed by atoms with E-state index in [1.54, 1.807) is 25.2 Å². The average Bonchev–Trinajstić information content (AvgIpc) is 2.41. The van der Waals surface area contributed by atoms with Crippen molar-refractivity contribution in [1.82, 2.24) is 5.32 Å². The number of carbonyl (C=O) groups excluding carboxylic acids is 1. The fourth-order valence-corrected chi connectivity index (χ4v) is 2.37. The van der Waals surface area contributed by atoms with Gasteiger partial charge in [-0.25, -0.2) is 0 Å². The van der Waals surface area contributed by atoms with Crippen molar-refractivity contribution >= 4 is 17.3 Å². The van der Waals surface area contributed by atoms with E-state index in [1.807, 2.05) is 11.8 Å². The smallest absolute Gasteiger partial charge is 0.251 e. The zero-order valence-electron chi connectivity index (χ0n) is 11.4. The third-order valence-electron chi connectivity index (χ3n) is 3.78. The summed E-state index contributed by atoms with van der Waals surface area (Å²) in [6.45, 7) is 3.45. The van der Waals surface area contributed by atoms with Gasteiger partial charge in [-0.3, -0.25) is 4.79 Å². The molecule has 2 unspecified atom stereocenters. The van der Waals surface area contributed by atoms with Crippen LogP contribution in [-0.4, -0.2) is 37.3 Å². The lowest BCUT2D eigenvalue weighted by Gasteiger charge is -2.36. The number of nitrogen functional groups attached to an aromatic ring is 1. The highest BCUT2D eigenvalue weighted by molar-refractivity contribution is 5.96. The zero-order valence-corrected chi connectivity index (χ0v) is 11.4. The molecule has 0 aliphatic carbocycles. The summed E-state index contributed by atoms with van der Waals surface area (Å²) in [5, 5.41) is 12.6. The van der Waals surface area contributed by atoms with Crippen molar-refractivity contribution < 1.29 is 9.90 Å². The van der Waals surface area contributed by atoms with Gasteiger partial charge >= 0.3 is 0 Å². The molecule has 1 aliphatic rings. The Labute approximate surface area is 113 Å². The standard InChI is InChI=1S/C14H21N3O2/c1-9-5-6-17(8-13(9)18)12-7-10(14(19)16-2)3-4-11(12)15/h3-4,7,9,13,18H,5-6,8,15H2,1-2H3,(H,16,19). The molecule has 0 aromatic heterocycles. The van der Waals surface area contributed by atoms with E-state index >= 15 is 0 Å². The van der Waals surface area contributed by atoms with Crippen LogP contribution in [-0.2, 0) is 0 Å². The first-order chi connectivity index (χ1) is 9.02. The topological polar surface area (TPSA) is 78.6 Å². The third-order valence-corrected chi connectivity index (χ3v) is 3.78. The maximum Gasteiger partial charge on any atom is 0.251 e. The molecule has 0 bridgehead atoms. The van der Waals surface area contributed by atoms with E-state index in [9.17, 15) is 9.90 Å². The first kappa shape index (κ1) is 13.7. The molecule has 2 atom stereocenters. The summed E-state index contributed by atoms with van der Waals surface area (Å²) in [6.07, 6.45) is 0.571. The number of anilines is 2. The van der Waals surface area contributed by atoms with Gasteiger partial charge in [0.1, 0.15) is 0 Å². The Morgan fingerprint density at radius 2 is 2.26 bits per heavy atom. The van der Waals surface area contributed by atoms with E-state index in [4.69, 9.17) is 5.73 Å². The molecule has 5 nitrogen and oxygen atoms in total. The molecule has 2 rings (SSSR count). The molecule has 19 heavy (non-hydrogen) atoms. The molecular weight excluding hydrogens is 242 g/mol. The van der Waals surface area contributed by atoms with Gasteiger partial charge in [0.05, 0.1) is 17.5 Å². The molecule has 1 heterocycles. The van der Waals surface area contributed by atoms with Crippen molar-refractivity contribution in [1.29, 1.82) is 0 Å². The molecule has 0 spiro atoms. The summed E-state index contributed by atoms with van der Waals surface area (Å²) in [4.78, 5) is 13.7. The number of carbonyl (C=O) groups is 1. The van der Waals surface area contributed by atoms with Crippen LogP contribution in [0, 0.1) is 5.92 Å². The zero-order chi connectivity index (χ0) is 14.0. The molecule has 1 aromatic rings. The number of hydrogen-bond donors (Lipinski definition) is 3. The molecule has 1 aliphatic heterocycles. The van der Waals surface area contributed by atoms with Gasteiger partial charge in [0.15, 0.2) is 0 Å². The number of hydrogen-bond acceptors (Lipinski definition) is 4.